The zero-order valence-corrected chi connectivity index (χ0v) is 18.2. The van der Waals surface area contributed by atoms with E-state index in [1.807, 2.05) is 49.4 Å². The average molecular weight is 446 g/mol. The van der Waals surface area contributed by atoms with Gasteiger partial charge in [0.1, 0.15) is 0 Å². The van der Waals surface area contributed by atoms with Crippen molar-refractivity contribution in [2.75, 3.05) is 4.90 Å². The number of nitrogens with zero attached hydrogens (tertiary/aromatic N) is 1. The number of carbonyl (C=O) groups is 2. The van der Waals surface area contributed by atoms with E-state index in [2.05, 4.69) is 0 Å². The number of thiocarbonyl (C=S) groups is 1. The molecular weight excluding hydrogens is 429 g/mol. The summed E-state index contributed by atoms with van der Waals surface area (Å²) in [5.74, 6) is -0.762. The second-order valence-corrected chi connectivity index (χ2v) is 8.90. The number of benzene rings is 2. The number of fused-ring (bicyclic) bond motifs is 3. The number of anilines is 1. The summed E-state index contributed by atoms with van der Waals surface area (Å²) in [6.07, 6.45) is 6.47. The topological polar surface area (TPSA) is 66.8 Å². The number of allylic oxidation sites excluding steroid dienone is 5. The minimum atomic E-state index is -1.04. The van der Waals surface area contributed by atoms with Gasteiger partial charge in [0.05, 0.1) is 0 Å². The second kappa shape index (κ2) is 8.65. The van der Waals surface area contributed by atoms with Crippen molar-refractivity contribution >= 4 is 70.0 Å². The number of rotatable bonds is 5. The summed E-state index contributed by atoms with van der Waals surface area (Å²) in [4.78, 5) is 25.7. The average Bonchev–Trinajstić information content (AvgIpc) is 3.24. The van der Waals surface area contributed by atoms with Crippen LogP contribution in [0.25, 0.3) is 10.8 Å². The maximum absolute atomic E-state index is 12.5. The van der Waals surface area contributed by atoms with E-state index in [0.717, 1.165) is 39.5 Å². The minimum absolute atomic E-state index is 0.245. The molecule has 0 bridgehead atoms. The first-order valence-corrected chi connectivity index (χ1v) is 10.7. The molecule has 2 aromatic carbocycles. The van der Waals surface area contributed by atoms with Crippen molar-refractivity contribution in [2.24, 2.45) is 5.92 Å². The molecule has 0 aromatic heterocycles. The number of thioether (sulfide) groups is 1. The van der Waals surface area contributed by atoms with Gasteiger partial charge in [-0.3, -0.25) is 4.79 Å². The van der Waals surface area contributed by atoms with Crippen molar-refractivity contribution in [3.05, 3.63) is 71.0 Å². The number of ether oxygens (including phenoxy) is 1. The summed E-state index contributed by atoms with van der Waals surface area (Å²) in [6.45, 7) is 1.85. The number of hydrogen-bond acceptors (Lipinski definition) is 6. The van der Waals surface area contributed by atoms with E-state index in [4.69, 9.17) is 29.5 Å². The van der Waals surface area contributed by atoms with Crippen molar-refractivity contribution in [1.29, 1.82) is 0 Å². The van der Waals surface area contributed by atoms with Gasteiger partial charge in [0.15, 0.2) is 0 Å². The molecule has 31 heavy (non-hydrogen) atoms. The van der Waals surface area contributed by atoms with Crippen LogP contribution in [0.4, 0.5) is 5.69 Å². The molecule has 5 nitrogen and oxygen atoms in total. The van der Waals surface area contributed by atoms with Gasteiger partial charge in [-0.25, -0.2) is 0 Å². The quantitative estimate of drug-likeness (QED) is 0.416. The summed E-state index contributed by atoms with van der Waals surface area (Å²) >= 11 is 6.35. The first kappa shape index (κ1) is 21.3. The Morgan fingerprint density at radius 3 is 2.84 bits per heavy atom. The predicted molar refractivity (Wildman–Crippen MR) is 130 cm³/mol. The fraction of sp³-hybridized carbons (Fsp3) is 0.130. The normalized spacial score (nSPS) is 21.1. The Balaban J connectivity index is 1.60. The van der Waals surface area contributed by atoms with Gasteiger partial charge in [0.2, 0.25) is 0 Å². The number of Topliss-reactive ketones (excluding diaryl/α,β-unsaturated/α-hetero) is 1. The van der Waals surface area contributed by atoms with Gasteiger partial charge in [0.25, 0.3) is 0 Å². The molecule has 0 spiro atoms. The van der Waals surface area contributed by atoms with Gasteiger partial charge < -0.3 is 5.11 Å². The van der Waals surface area contributed by atoms with E-state index in [1.54, 1.807) is 17.1 Å². The van der Waals surface area contributed by atoms with Crippen LogP contribution in [0.2, 0.25) is 0 Å². The van der Waals surface area contributed by atoms with Gasteiger partial charge >= 0.3 is 180 Å². The molecule has 0 aliphatic carbocycles. The van der Waals surface area contributed by atoms with Gasteiger partial charge in [-0.1, -0.05) is 0 Å². The Bertz CT molecular complexity index is 1230. The summed E-state index contributed by atoms with van der Waals surface area (Å²) in [7, 11) is 5.85. The molecule has 1 N–H and O–H groups in total. The molecule has 1 radical (unpaired) electrons. The van der Waals surface area contributed by atoms with Crippen LogP contribution in [0, 0.1) is 5.92 Å². The van der Waals surface area contributed by atoms with Crippen LogP contribution in [-0.4, -0.2) is 34.6 Å². The van der Waals surface area contributed by atoms with E-state index < -0.39 is 11.9 Å². The number of ketones is 1. The predicted octanol–water partition coefficient (Wildman–Crippen LogP) is 4.37. The summed E-state index contributed by atoms with van der Waals surface area (Å²) in [5, 5.41) is 11.0. The van der Waals surface area contributed by atoms with Crippen LogP contribution >= 0.6 is 24.0 Å². The van der Waals surface area contributed by atoms with E-state index in [0.29, 0.717) is 15.0 Å². The van der Waals surface area contributed by atoms with E-state index >= 15 is 0 Å². The molecular formula is C23H17BNO4S2. The van der Waals surface area contributed by atoms with Crippen LogP contribution in [0.5, 0.6) is 5.75 Å². The maximum atomic E-state index is 12.5. The van der Waals surface area contributed by atoms with Crippen molar-refractivity contribution in [3.8, 4) is 5.75 Å². The van der Waals surface area contributed by atoms with Gasteiger partial charge in [-0.05, 0) is 0 Å². The number of hydrogen-bond donors (Lipinski definition) is 1. The molecule has 4 rings (SSSR count). The van der Waals surface area contributed by atoms with Crippen molar-refractivity contribution in [1.82, 2.24) is 0 Å². The first-order chi connectivity index (χ1) is 14.9. The molecule has 1 unspecified atom stereocenters. The first-order valence-electron chi connectivity index (χ1n) is 9.51. The Kier molecular flexibility index (Phi) is 5.93. The number of carbonyl (C=O) groups excluding carboxylic acids is 1. The Labute approximate surface area is 190 Å². The molecule has 2 aromatic rings. The van der Waals surface area contributed by atoms with Crippen LogP contribution in [0.3, 0.4) is 0 Å². The number of aliphatic carboxylic acids is 1. The molecule has 0 amide bonds. The van der Waals surface area contributed by atoms with Crippen LogP contribution in [-0.2, 0) is 9.59 Å². The second-order valence-electron chi connectivity index (χ2n) is 7.12. The summed E-state index contributed by atoms with van der Waals surface area (Å²) in [6, 6.07) is 11.9. The van der Waals surface area contributed by atoms with Crippen LogP contribution in [0.15, 0.2) is 71.0 Å². The Hall–Kier alpha value is -2.97. The molecule has 1 fully saturated rings. The standard InChI is InChI=1S/C23H17BNO4S2/c1-13(10-18-21(28)16(11-20(26)27)23(30)31-18)6-9-19-25(12-24)17-8-7-14-4-2-3-5-15(14)22(17)29-19/h2-10,12,16H,11H2,1H3,(H,26,27)/b13-6+,18-10+,19-9-. The zero-order valence-electron chi connectivity index (χ0n) is 16.6. The third-order valence-corrected chi connectivity index (χ3v) is 6.55. The Morgan fingerprint density at radius 1 is 1.32 bits per heavy atom. The summed E-state index contributed by atoms with van der Waals surface area (Å²) < 4.78 is 6.49. The SMILES string of the molecule is [B]=CN1/C(=C/C=C(C)/C=C2/SC(=S)C(CC(=O)O)C2=O)Oc2c1ccc1ccccc21. The number of carboxylic acids is 1. The fourth-order valence-corrected chi connectivity index (χ4v) is 4.98. The van der Waals surface area contributed by atoms with Crippen molar-refractivity contribution in [2.45, 2.75) is 13.3 Å². The van der Waals surface area contributed by atoms with Crippen LogP contribution < -0.4 is 9.64 Å². The molecule has 1 saturated heterocycles. The van der Waals surface area contributed by atoms with Gasteiger partial charge in [-0.2, -0.15) is 0 Å². The fourth-order valence-electron chi connectivity index (χ4n) is 3.49. The van der Waals surface area contributed by atoms with Crippen molar-refractivity contribution in [3.63, 3.8) is 0 Å². The van der Waals surface area contributed by atoms with Crippen LogP contribution in [0.1, 0.15) is 13.3 Å². The monoisotopic (exact) mass is 446 g/mol. The third kappa shape index (κ3) is 4.13. The van der Waals surface area contributed by atoms with E-state index in [-0.39, 0.29) is 12.2 Å². The molecule has 2 heterocycles. The summed E-state index contributed by atoms with van der Waals surface area (Å²) in [5.41, 5.74) is 1.64. The van der Waals surface area contributed by atoms with E-state index in [1.165, 1.54) is 6.09 Å². The molecule has 2 aliphatic rings. The van der Waals surface area contributed by atoms with E-state index in [9.17, 15) is 9.59 Å². The molecule has 0 saturated carbocycles. The molecule has 1 atom stereocenters. The third-order valence-electron chi connectivity index (χ3n) is 4.99. The van der Waals surface area contributed by atoms with Gasteiger partial charge in [0, 0.05) is 0 Å². The van der Waals surface area contributed by atoms with Crippen molar-refractivity contribution < 1.29 is 19.4 Å². The number of carboxylic acid groups (broad SMARTS) is 1. The molecule has 153 valence electrons. The molecule has 2 aliphatic heterocycles. The zero-order chi connectivity index (χ0) is 22.1. The Morgan fingerprint density at radius 2 is 2.10 bits per heavy atom. The van der Waals surface area contributed by atoms with Gasteiger partial charge in [-0.15, -0.1) is 0 Å². The molecule has 8 heteroatoms.